The summed E-state index contributed by atoms with van der Waals surface area (Å²) < 4.78 is 130. The SMILES string of the molecule is COC(=O)C(C)(C)n1nc(S(=O)(=O)N(Cc2ccc(OC)cc2)Cc2ccc(OC)cc2)c(F)c1C(=O)N1CCOCC1.COc1ccc(CN(Cc2ccc(OC)cc2)S(=O)(=O)c2nn(C(C)(C)CO)c(CN3CCOCC3)c2F)cc1. The number of nitrogens with zero attached hydrogens (tertiary/aromatic N) is 8. The van der Waals surface area contributed by atoms with E-state index >= 15 is 8.78 Å². The number of carbonyl (C=O) groups excluding carboxylic acids is 2. The fourth-order valence-electron chi connectivity index (χ4n) is 9.07. The van der Waals surface area contributed by atoms with Crippen LogP contribution in [-0.4, -0.2) is 167 Å². The summed E-state index contributed by atoms with van der Waals surface area (Å²) in [5, 5.41) is 16.8. The molecule has 1 N–H and O–H groups in total. The zero-order valence-corrected chi connectivity index (χ0v) is 49.7. The number of esters is 1. The molecule has 6 aromatic rings. The molecular weight excluding hydrogens is 1120 g/mol. The van der Waals surface area contributed by atoms with E-state index in [9.17, 15) is 31.5 Å². The van der Waals surface area contributed by atoms with E-state index in [0.717, 1.165) is 16.1 Å². The van der Waals surface area contributed by atoms with Crippen LogP contribution in [0.5, 0.6) is 23.0 Å². The monoisotopic (exact) mass is 1190 g/mol. The average molecular weight is 1200 g/mol. The van der Waals surface area contributed by atoms with Gasteiger partial charge in [-0.05, 0) is 98.5 Å². The maximum atomic E-state index is 16.4. The number of morpholine rings is 2. The molecule has 0 unspecified atom stereocenters. The highest BCUT2D eigenvalue weighted by molar-refractivity contribution is 7.89. The van der Waals surface area contributed by atoms with Gasteiger partial charge in [0.25, 0.3) is 26.0 Å². The minimum absolute atomic E-state index is 0.0210. The van der Waals surface area contributed by atoms with Gasteiger partial charge in [0, 0.05) is 58.9 Å². The second-order valence-electron chi connectivity index (χ2n) is 20.6. The number of aliphatic hydroxyl groups excluding tert-OH is 1. The van der Waals surface area contributed by atoms with Crippen molar-refractivity contribution in [1.29, 1.82) is 0 Å². The maximum absolute atomic E-state index is 16.4. The van der Waals surface area contributed by atoms with E-state index < -0.39 is 70.4 Å². The molecule has 2 fully saturated rings. The molecule has 0 aliphatic carbocycles. The van der Waals surface area contributed by atoms with Gasteiger partial charge in [-0.25, -0.2) is 35.1 Å². The molecule has 2 aliphatic heterocycles. The lowest BCUT2D eigenvalue weighted by Gasteiger charge is -2.29. The van der Waals surface area contributed by atoms with E-state index in [0.29, 0.717) is 71.6 Å². The molecule has 22 nitrogen and oxygen atoms in total. The maximum Gasteiger partial charge on any atom is 0.333 e. The molecule has 0 atom stereocenters. The molecule has 0 saturated carbocycles. The minimum atomic E-state index is -4.70. The van der Waals surface area contributed by atoms with Gasteiger partial charge in [0.2, 0.25) is 10.1 Å². The van der Waals surface area contributed by atoms with Gasteiger partial charge in [-0.2, -0.15) is 18.8 Å². The second-order valence-corrected chi connectivity index (χ2v) is 24.3. The van der Waals surface area contributed by atoms with Crippen molar-refractivity contribution in [3.05, 3.63) is 142 Å². The van der Waals surface area contributed by atoms with Crippen LogP contribution in [-0.2, 0) is 82.9 Å². The van der Waals surface area contributed by atoms with Crippen molar-refractivity contribution in [2.75, 3.05) is 94.8 Å². The third-order valence-electron chi connectivity index (χ3n) is 14.1. The molecule has 4 aromatic carbocycles. The third-order valence-corrected chi connectivity index (χ3v) is 17.5. The van der Waals surface area contributed by atoms with Crippen LogP contribution in [0.4, 0.5) is 8.78 Å². The summed E-state index contributed by atoms with van der Waals surface area (Å²) in [4.78, 5) is 29.7. The number of hydrogen-bond acceptors (Lipinski definition) is 17. The molecule has 2 aliphatic rings. The van der Waals surface area contributed by atoms with Gasteiger partial charge >= 0.3 is 5.97 Å². The number of halogens is 2. The van der Waals surface area contributed by atoms with Crippen molar-refractivity contribution in [3.63, 3.8) is 0 Å². The summed E-state index contributed by atoms with van der Waals surface area (Å²) in [7, 11) is -1.86. The lowest BCUT2D eigenvalue weighted by Crippen LogP contribution is -2.45. The molecule has 450 valence electrons. The fraction of sp³-hybridized carbons (Fsp3) is 0.439. The number of sulfonamides is 2. The van der Waals surface area contributed by atoms with Crippen molar-refractivity contribution in [2.45, 2.75) is 81.5 Å². The van der Waals surface area contributed by atoms with E-state index in [2.05, 4.69) is 10.2 Å². The number of carbonyl (C=O) groups is 2. The Balaban J connectivity index is 0.000000239. The van der Waals surface area contributed by atoms with Crippen molar-refractivity contribution < 1.29 is 73.5 Å². The van der Waals surface area contributed by atoms with Crippen LogP contribution >= 0.6 is 0 Å². The van der Waals surface area contributed by atoms with Crippen molar-refractivity contribution in [1.82, 2.24) is 38.0 Å². The molecule has 83 heavy (non-hydrogen) atoms. The first-order chi connectivity index (χ1) is 39.5. The fourth-order valence-corrected chi connectivity index (χ4v) is 11.9. The number of ether oxygens (including phenoxy) is 7. The lowest BCUT2D eigenvalue weighted by molar-refractivity contribution is -0.150. The van der Waals surface area contributed by atoms with E-state index in [1.807, 2.05) is 4.90 Å². The normalized spacial score (nSPS) is 14.5. The van der Waals surface area contributed by atoms with E-state index in [1.165, 1.54) is 42.0 Å². The smallest absolute Gasteiger partial charge is 0.333 e. The van der Waals surface area contributed by atoms with Crippen LogP contribution in [0.25, 0.3) is 0 Å². The van der Waals surface area contributed by atoms with Crippen LogP contribution in [0.2, 0.25) is 0 Å². The number of methoxy groups -OCH3 is 5. The van der Waals surface area contributed by atoms with Crippen LogP contribution in [0.15, 0.2) is 107 Å². The van der Waals surface area contributed by atoms with Crippen LogP contribution in [0.3, 0.4) is 0 Å². The van der Waals surface area contributed by atoms with Crippen molar-refractivity contribution >= 4 is 31.9 Å². The quantitative estimate of drug-likeness (QED) is 0.0746. The summed E-state index contributed by atoms with van der Waals surface area (Å²) in [5.74, 6) is -1.50. The molecule has 0 radical (unpaired) electrons. The molecule has 2 saturated heterocycles. The van der Waals surface area contributed by atoms with Crippen LogP contribution < -0.4 is 18.9 Å². The Morgan fingerprint density at radius 1 is 0.566 bits per heavy atom. The average Bonchev–Trinajstić information content (AvgIpc) is 3.87. The lowest BCUT2D eigenvalue weighted by atomic mass is 10.1. The van der Waals surface area contributed by atoms with E-state index in [-0.39, 0.29) is 71.3 Å². The number of benzene rings is 4. The second kappa shape index (κ2) is 27.6. The Morgan fingerprint density at radius 3 is 1.27 bits per heavy atom. The summed E-state index contributed by atoms with van der Waals surface area (Å²) in [6, 6.07) is 27.5. The zero-order chi connectivity index (χ0) is 60.3. The Kier molecular flexibility index (Phi) is 21.1. The van der Waals surface area contributed by atoms with Gasteiger partial charge < -0.3 is 43.2 Å². The molecule has 2 aromatic heterocycles. The summed E-state index contributed by atoms with van der Waals surface area (Å²) >= 11 is 0. The summed E-state index contributed by atoms with van der Waals surface area (Å²) in [6.07, 6.45) is 0. The van der Waals surface area contributed by atoms with Gasteiger partial charge in [-0.15, -0.1) is 0 Å². The van der Waals surface area contributed by atoms with Gasteiger partial charge in [0.1, 0.15) is 23.0 Å². The Labute approximate surface area is 483 Å². The topological polar surface area (TPSA) is 236 Å². The summed E-state index contributed by atoms with van der Waals surface area (Å²) in [6.45, 7) is 8.46. The predicted molar refractivity (Wildman–Crippen MR) is 300 cm³/mol. The first kappa shape index (κ1) is 63.5. The predicted octanol–water partition coefficient (Wildman–Crippen LogP) is 5.80. The molecular formula is C57H72F2N8O14S2. The van der Waals surface area contributed by atoms with Crippen LogP contribution in [0.1, 0.15) is 66.1 Å². The summed E-state index contributed by atoms with van der Waals surface area (Å²) in [5.41, 5.74) is -0.735. The van der Waals surface area contributed by atoms with Gasteiger partial charge in [0.05, 0.1) is 79.8 Å². The number of rotatable bonds is 23. The van der Waals surface area contributed by atoms with Crippen molar-refractivity contribution in [3.8, 4) is 23.0 Å². The molecule has 0 spiro atoms. The highest BCUT2D eigenvalue weighted by Gasteiger charge is 2.44. The molecule has 0 bridgehead atoms. The van der Waals surface area contributed by atoms with Crippen LogP contribution in [0, 0.1) is 11.6 Å². The highest BCUT2D eigenvalue weighted by Crippen LogP contribution is 2.33. The molecule has 8 rings (SSSR count). The Morgan fingerprint density at radius 2 is 0.916 bits per heavy atom. The molecule has 1 amide bonds. The zero-order valence-electron chi connectivity index (χ0n) is 48.0. The standard InChI is InChI=1S/C29H35FN4O8S.C28H37FN4O6S/c1-29(2,28(36)41-5)34-25(27(35)32-14-16-42-17-15-32)24(30)26(31-34)43(37,38)33(18-20-6-10-22(39-3)11-7-20)19-21-8-12-23(40-4)13-9-21;1-28(2,20-34)33-25(19-31-13-15-39-16-14-31)26(29)27(30-33)40(35,36)32(17-21-5-9-23(37-3)10-6-21)18-22-7-11-24(38-4)12-8-22/h6-13H,14-19H2,1-5H3;5-12,34H,13-20H2,1-4H3. The molecule has 4 heterocycles. The number of amides is 1. The first-order valence-corrected chi connectivity index (χ1v) is 29.4. The minimum Gasteiger partial charge on any atom is -0.497 e. The first-order valence-electron chi connectivity index (χ1n) is 26.5. The number of hydrogen-bond donors (Lipinski definition) is 1. The number of aromatic nitrogens is 4. The Bertz CT molecular complexity index is 3270. The Hall–Kier alpha value is -7.04. The highest BCUT2D eigenvalue weighted by atomic mass is 32.2. The van der Waals surface area contributed by atoms with E-state index in [4.69, 9.17) is 33.2 Å². The van der Waals surface area contributed by atoms with Gasteiger partial charge in [-0.3, -0.25) is 14.4 Å². The van der Waals surface area contributed by atoms with Gasteiger partial charge in [0.15, 0.2) is 22.9 Å². The van der Waals surface area contributed by atoms with Gasteiger partial charge in [-0.1, -0.05) is 48.5 Å². The van der Waals surface area contributed by atoms with E-state index in [1.54, 1.807) is 125 Å². The van der Waals surface area contributed by atoms with Crippen molar-refractivity contribution in [2.24, 2.45) is 0 Å². The largest absolute Gasteiger partial charge is 0.497 e. The molecule has 26 heteroatoms. The third kappa shape index (κ3) is 14.8. The number of aliphatic hydroxyl groups is 1.